The fourth-order valence-electron chi connectivity index (χ4n) is 3.81. The van der Waals surface area contributed by atoms with Gasteiger partial charge in [0.1, 0.15) is 6.04 Å². The molecule has 3 rings (SSSR count). The minimum Gasteiger partial charge on any atom is -0.469 e. The van der Waals surface area contributed by atoms with Crippen LogP contribution in [0.15, 0.2) is 18.2 Å². The van der Waals surface area contributed by atoms with E-state index in [0.717, 1.165) is 37.2 Å². The Labute approximate surface area is 148 Å². The Morgan fingerprint density at radius 1 is 1.40 bits per heavy atom. The van der Waals surface area contributed by atoms with Crippen molar-refractivity contribution >= 4 is 17.6 Å². The average molecular weight is 345 g/mol. The first-order chi connectivity index (χ1) is 12.1. The molecule has 0 aliphatic carbocycles. The van der Waals surface area contributed by atoms with E-state index in [2.05, 4.69) is 22.0 Å². The van der Waals surface area contributed by atoms with E-state index < -0.39 is 0 Å². The number of fused-ring (bicyclic) bond motifs is 1. The number of methoxy groups -OCH3 is 1. The highest BCUT2D eigenvalue weighted by Crippen LogP contribution is 2.29. The van der Waals surface area contributed by atoms with Crippen LogP contribution in [0.25, 0.3) is 0 Å². The van der Waals surface area contributed by atoms with E-state index in [1.807, 2.05) is 19.1 Å². The van der Waals surface area contributed by atoms with E-state index >= 15 is 0 Å². The number of hydrogen-bond acceptors (Lipinski definition) is 5. The largest absolute Gasteiger partial charge is 0.469 e. The maximum atomic E-state index is 12.8. The zero-order valence-electron chi connectivity index (χ0n) is 14.9. The predicted octanol–water partition coefficient (Wildman–Crippen LogP) is 1.38. The van der Waals surface area contributed by atoms with Crippen molar-refractivity contribution in [1.82, 2.24) is 10.6 Å². The summed E-state index contributed by atoms with van der Waals surface area (Å²) in [5.74, 6) is -0.0771. The second kappa shape index (κ2) is 7.87. The molecule has 3 atom stereocenters. The molecule has 136 valence electrons. The minimum absolute atomic E-state index is 0.0462. The summed E-state index contributed by atoms with van der Waals surface area (Å²) in [6, 6.07) is 5.63. The molecule has 6 nitrogen and oxygen atoms in total. The molecule has 3 N–H and O–H groups in total. The Balaban J connectivity index is 1.66. The summed E-state index contributed by atoms with van der Waals surface area (Å²) in [7, 11) is 1.39. The number of ether oxygens (including phenoxy) is 1. The number of anilines is 1. The first-order valence-corrected chi connectivity index (χ1v) is 9.01. The minimum atomic E-state index is -0.284. The molecule has 0 aromatic heterocycles. The summed E-state index contributed by atoms with van der Waals surface area (Å²) < 4.78 is 4.82. The molecule has 1 amide bonds. The van der Waals surface area contributed by atoms with Gasteiger partial charge in [-0.25, -0.2) is 0 Å². The number of aryl methyl sites for hydroxylation is 1. The Morgan fingerprint density at radius 3 is 2.92 bits per heavy atom. The van der Waals surface area contributed by atoms with Gasteiger partial charge in [-0.15, -0.1) is 0 Å². The second-order valence-corrected chi connectivity index (χ2v) is 7.01. The zero-order valence-corrected chi connectivity index (χ0v) is 14.9. The van der Waals surface area contributed by atoms with Gasteiger partial charge in [0.05, 0.1) is 13.5 Å². The van der Waals surface area contributed by atoms with E-state index in [0.29, 0.717) is 6.42 Å². The molecular weight excluding hydrogens is 318 g/mol. The number of carbonyl (C=O) groups excluding carboxylic acids is 2. The van der Waals surface area contributed by atoms with Gasteiger partial charge in [0, 0.05) is 18.2 Å². The number of hydrogen-bond donors (Lipinski definition) is 3. The highest BCUT2D eigenvalue weighted by molar-refractivity contribution is 5.88. The molecule has 0 spiro atoms. The molecule has 6 heteroatoms. The molecule has 2 heterocycles. The van der Waals surface area contributed by atoms with Crippen LogP contribution >= 0.6 is 0 Å². The van der Waals surface area contributed by atoms with Gasteiger partial charge in [0.2, 0.25) is 5.91 Å². The third-order valence-electron chi connectivity index (χ3n) is 5.26. The number of piperidine rings is 1. The SMILES string of the molecule is COC(=O)C[C@@H](NC(=O)C1Cc2cccc(C)c2N1)C1CCCNC1. The first-order valence-electron chi connectivity index (χ1n) is 9.01. The summed E-state index contributed by atoms with van der Waals surface area (Å²) >= 11 is 0. The van der Waals surface area contributed by atoms with E-state index in [9.17, 15) is 9.59 Å². The van der Waals surface area contributed by atoms with Gasteiger partial charge in [-0.2, -0.15) is 0 Å². The normalized spacial score (nSPS) is 23.3. The quantitative estimate of drug-likeness (QED) is 0.703. The topological polar surface area (TPSA) is 79.5 Å². The Bertz CT molecular complexity index is 641. The van der Waals surface area contributed by atoms with Crippen molar-refractivity contribution in [2.45, 2.75) is 44.7 Å². The molecule has 2 aliphatic heterocycles. The summed E-state index contributed by atoms with van der Waals surface area (Å²) in [5.41, 5.74) is 3.38. The van der Waals surface area contributed by atoms with Crippen LogP contribution < -0.4 is 16.0 Å². The third-order valence-corrected chi connectivity index (χ3v) is 5.26. The smallest absolute Gasteiger partial charge is 0.307 e. The van der Waals surface area contributed by atoms with Crippen LogP contribution in [0.1, 0.15) is 30.4 Å². The monoisotopic (exact) mass is 345 g/mol. The van der Waals surface area contributed by atoms with Crippen LogP contribution in [-0.4, -0.2) is 44.2 Å². The first kappa shape index (κ1) is 17.7. The van der Waals surface area contributed by atoms with Crippen molar-refractivity contribution in [1.29, 1.82) is 0 Å². The Hall–Kier alpha value is -2.08. The standard InChI is InChI=1S/C19H27N3O3/c1-12-5-3-6-13-9-16(21-18(12)13)19(24)22-15(10-17(23)25-2)14-7-4-8-20-11-14/h3,5-6,14-16,20-21H,4,7-11H2,1-2H3,(H,22,24)/t14?,15-,16?/m1/s1. The number of para-hydroxylation sites is 1. The van der Waals surface area contributed by atoms with Crippen LogP contribution in [0.5, 0.6) is 0 Å². The maximum absolute atomic E-state index is 12.8. The van der Waals surface area contributed by atoms with Crippen LogP contribution in [0.3, 0.4) is 0 Å². The van der Waals surface area contributed by atoms with E-state index in [-0.39, 0.29) is 36.3 Å². The molecule has 0 bridgehead atoms. The molecule has 0 saturated carbocycles. The molecule has 1 aromatic carbocycles. The van der Waals surface area contributed by atoms with Crippen molar-refractivity contribution in [3.05, 3.63) is 29.3 Å². The van der Waals surface area contributed by atoms with E-state index in [4.69, 9.17) is 4.74 Å². The fraction of sp³-hybridized carbons (Fsp3) is 0.579. The fourth-order valence-corrected chi connectivity index (χ4v) is 3.81. The zero-order chi connectivity index (χ0) is 17.8. The van der Waals surface area contributed by atoms with Crippen molar-refractivity contribution in [3.63, 3.8) is 0 Å². The predicted molar refractivity (Wildman–Crippen MR) is 96.5 cm³/mol. The molecule has 2 aliphatic rings. The van der Waals surface area contributed by atoms with Crippen LogP contribution in [0.4, 0.5) is 5.69 Å². The van der Waals surface area contributed by atoms with Crippen molar-refractivity contribution in [3.8, 4) is 0 Å². The van der Waals surface area contributed by atoms with Gasteiger partial charge in [-0.1, -0.05) is 18.2 Å². The third kappa shape index (κ3) is 4.12. The number of amides is 1. The number of benzene rings is 1. The van der Waals surface area contributed by atoms with Gasteiger partial charge in [-0.3, -0.25) is 9.59 Å². The lowest BCUT2D eigenvalue weighted by Crippen LogP contribution is -2.51. The molecule has 2 unspecified atom stereocenters. The second-order valence-electron chi connectivity index (χ2n) is 7.01. The number of esters is 1. The van der Waals surface area contributed by atoms with Gasteiger partial charge in [0.25, 0.3) is 0 Å². The number of nitrogens with one attached hydrogen (secondary N) is 3. The van der Waals surface area contributed by atoms with Crippen molar-refractivity contribution in [2.24, 2.45) is 5.92 Å². The lowest BCUT2D eigenvalue weighted by Gasteiger charge is -2.31. The highest BCUT2D eigenvalue weighted by atomic mass is 16.5. The van der Waals surface area contributed by atoms with Gasteiger partial charge in [-0.05, 0) is 49.9 Å². The van der Waals surface area contributed by atoms with Crippen molar-refractivity contribution in [2.75, 3.05) is 25.5 Å². The summed E-state index contributed by atoms with van der Waals surface area (Å²) in [5, 5.41) is 9.79. The average Bonchev–Trinajstić information content (AvgIpc) is 3.07. The van der Waals surface area contributed by atoms with E-state index in [1.165, 1.54) is 12.7 Å². The van der Waals surface area contributed by atoms with Gasteiger partial charge in [0.15, 0.2) is 0 Å². The molecular formula is C19H27N3O3. The van der Waals surface area contributed by atoms with Gasteiger partial charge < -0.3 is 20.7 Å². The molecule has 1 fully saturated rings. The summed E-state index contributed by atoms with van der Waals surface area (Å²) in [6.45, 7) is 3.85. The lowest BCUT2D eigenvalue weighted by atomic mass is 9.89. The Morgan fingerprint density at radius 2 is 2.24 bits per heavy atom. The van der Waals surface area contributed by atoms with Crippen molar-refractivity contribution < 1.29 is 14.3 Å². The summed E-state index contributed by atoms with van der Waals surface area (Å²) in [6.07, 6.45) is 2.96. The lowest BCUT2D eigenvalue weighted by molar-refractivity contribution is -0.141. The van der Waals surface area contributed by atoms with E-state index in [1.54, 1.807) is 0 Å². The Kier molecular flexibility index (Phi) is 5.58. The van der Waals surface area contributed by atoms with Crippen LogP contribution in [0.2, 0.25) is 0 Å². The number of carbonyl (C=O) groups is 2. The number of rotatable bonds is 5. The molecule has 1 saturated heterocycles. The molecule has 25 heavy (non-hydrogen) atoms. The molecule has 1 aromatic rings. The van der Waals surface area contributed by atoms with Crippen LogP contribution in [-0.2, 0) is 20.7 Å². The van der Waals surface area contributed by atoms with Gasteiger partial charge >= 0.3 is 5.97 Å². The summed E-state index contributed by atoms with van der Waals surface area (Å²) in [4.78, 5) is 24.6. The highest BCUT2D eigenvalue weighted by Gasteiger charge is 2.32. The maximum Gasteiger partial charge on any atom is 0.307 e. The van der Waals surface area contributed by atoms with Crippen LogP contribution in [0, 0.1) is 12.8 Å². The molecule has 0 radical (unpaired) electrons.